The molecule has 20 heavy (non-hydrogen) atoms. The Balaban J connectivity index is 2.11. The number of hydrogen-bond donors (Lipinski definition) is 1. The number of hydrogen-bond acceptors (Lipinski definition) is 3. The van der Waals surface area contributed by atoms with Crippen molar-refractivity contribution in [1.82, 2.24) is 5.32 Å². The van der Waals surface area contributed by atoms with Crippen LogP contribution in [0.15, 0.2) is 47.4 Å². The molecule has 0 aliphatic carbocycles. The van der Waals surface area contributed by atoms with Crippen LogP contribution in [0.5, 0.6) is 0 Å². The molecule has 2 nitrogen and oxygen atoms in total. The van der Waals surface area contributed by atoms with Gasteiger partial charge in [-0.3, -0.25) is 0 Å². The third-order valence-electron chi connectivity index (χ3n) is 3.02. The number of nitriles is 1. The van der Waals surface area contributed by atoms with E-state index < -0.39 is 0 Å². The molecule has 3 heteroatoms. The fourth-order valence-electron chi connectivity index (χ4n) is 2.07. The predicted molar refractivity (Wildman–Crippen MR) is 84.7 cm³/mol. The molecule has 0 heterocycles. The van der Waals surface area contributed by atoms with E-state index in [1.165, 1.54) is 11.1 Å². The van der Waals surface area contributed by atoms with Crippen LogP contribution in [0.1, 0.15) is 22.3 Å². The van der Waals surface area contributed by atoms with E-state index in [1.54, 1.807) is 11.8 Å². The molecule has 0 atom stereocenters. The number of aryl methyl sites for hydroxylation is 1. The van der Waals surface area contributed by atoms with Gasteiger partial charge in [0.2, 0.25) is 0 Å². The summed E-state index contributed by atoms with van der Waals surface area (Å²) in [4.78, 5) is 1.05. The van der Waals surface area contributed by atoms with Gasteiger partial charge in [-0.1, -0.05) is 35.9 Å². The molecule has 0 saturated heterocycles. The number of rotatable bonds is 5. The number of nitrogens with zero attached hydrogens (tertiary/aromatic N) is 1. The van der Waals surface area contributed by atoms with E-state index in [9.17, 15) is 5.26 Å². The van der Waals surface area contributed by atoms with Gasteiger partial charge in [0.1, 0.15) is 6.07 Å². The maximum atomic E-state index is 9.27. The second-order valence-electron chi connectivity index (χ2n) is 4.75. The third kappa shape index (κ3) is 3.86. The Morgan fingerprint density at radius 3 is 2.70 bits per heavy atom. The first-order chi connectivity index (χ1) is 9.72. The Hall–Kier alpha value is -1.76. The molecule has 0 spiro atoms. The molecule has 0 aromatic heterocycles. The molecule has 0 unspecified atom stereocenters. The summed E-state index contributed by atoms with van der Waals surface area (Å²) in [7, 11) is 1.91. The number of nitrogens with one attached hydrogen (secondary N) is 1. The second kappa shape index (κ2) is 7.14. The van der Waals surface area contributed by atoms with Crippen molar-refractivity contribution in [3.05, 3.63) is 64.7 Å². The van der Waals surface area contributed by atoms with Crippen molar-refractivity contribution in [3.63, 3.8) is 0 Å². The van der Waals surface area contributed by atoms with Crippen LogP contribution in [0, 0.1) is 18.3 Å². The quantitative estimate of drug-likeness (QED) is 0.845. The highest BCUT2D eigenvalue weighted by Gasteiger charge is 2.05. The van der Waals surface area contributed by atoms with Gasteiger partial charge in [-0.05, 0) is 37.2 Å². The molecule has 0 amide bonds. The Bertz CT molecular complexity index is 629. The van der Waals surface area contributed by atoms with Crippen molar-refractivity contribution in [2.24, 2.45) is 0 Å². The molecule has 0 aliphatic heterocycles. The molecule has 2 rings (SSSR count). The van der Waals surface area contributed by atoms with E-state index in [0.29, 0.717) is 0 Å². The highest BCUT2D eigenvalue weighted by molar-refractivity contribution is 7.98. The lowest BCUT2D eigenvalue weighted by Gasteiger charge is -2.07. The average molecular weight is 282 g/mol. The molecule has 102 valence electrons. The zero-order chi connectivity index (χ0) is 14.4. The van der Waals surface area contributed by atoms with E-state index in [4.69, 9.17) is 0 Å². The molecular weight excluding hydrogens is 264 g/mol. The minimum atomic E-state index is 0.760. The van der Waals surface area contributed by atoms with Gasteiger partial charge in [0.25, 0.3) is 0 Å². The first-order valence-electron chi connectivity index (χ1n) is 6.59. The van der Waals surface area contributed by atoms with Crippen LogP contribution in [0.4, 0.5) is 0 Å². The fraction of sp³-hybridized carbons (Fsp3) is 0.235. The minimum Gasteiger partial charge on any atom is -0.316 e. The second-order valence-corrected chi connectivity index (χ2v) is 5.77. The van der Waals surface area contributed by atoms with Gasteiger partial charge in [0.05, 0.1) is 5.56 Å². The van der Waals surface area contributed by atoms with Crippen molar-refractivity contribution in [2.45, 2.75) is 24.1 Å². The van der Waals surface area contributed by atoms with Crippen LogP contribution in [0.3, 0.4) is 0 Å². The van der Waals surface area contributed by atoms with Crippen LogP contribution >= 0.6 is 11.8 Å². The molecule has 2 aromatic carbocycles. The van der Waals surface area contributed by atoms with Crippen LogP contribution in [-0.4, -0.2) is 7.05 Å². The zero-order valence-corrected chi connectivity index (χ0v) is 12.6. The minimum absolute atomic E-state index is 0.760. The summed E-state index contributed by atoms with van der Waals surface area (Å²) in [5.41, 5.74) is 4.46. The summed E-state index contributed by atoms with van der Waals surface area (Å²) >= 11 is 1.72. The molecule has 0 radical (unpaired) electrons. The Labute approximate surface area is 124 Å². The molecule has 0 aliphatic rings. The number of benzene rings is 2. The van der Waals surface area contributed by atoms with Gasteiger partial charge in [0, 0.05) is 17.2 Å². The van der Waals surface area contributed by atoms with Crippen LogP contribution in [0.25, 0.3) is 0 Å². The van der Waals surface area contributed by atoms with E-state index >= 15 is 0 Å². The first-order valence-corrected chi connectivity index (χ1v) is 7.57. The van der Waals surface area contributed by atoms with Crippen molar-refractivity contribution in [1.29, 1.82) is 5.26 Å². The monoisotopic (exact) mass is 282 g/mol. The van der Waals surface area contributed by atoms with E-state index in [0.717, 1.165) is 28.3 Å². The van der Waals surface area contributed by atoms with Crippen molar-refractivity contribution in [2.75, 3.05) is 7.05 Å². The normalized spacial score (nSPS) is 10.2. The highest BCUT2D eigenvalue weighted by atomic mass is 32.2. The molecular formula is C17H18N2S. The van der Waals surface area contributed by atoms with Gasteiger partial charge in [-0.25, -0.2) is 0 Å². The van der Waals surface area contributed by atoms with E-state index in [1.807, 2.05) is 19.2 Å². The lowest BCUT2D eigenvalue weighted by molar-refractivity contribution is 0.816. The van der Waals surface area contributed by atoms with Gasteiger partial charge < -0.3 is 5.32 Å². The Morgan fingerprint density at radius 1 is 1.15 bits per heavy atom. The fourth-order valence-corrected chi connectivity index (χ4v) is 2.99. The largest absolute Gasteiger partial charge is 0.316 e. The Kier molecular flexibility index (Phi) is 5.23. The van der Waals surface area contributed by atoms with Crippen LogP contribution in [0.2, 0.25) is 0 Å². The van der Waals surface area contributed by atoms with Crippen molar-refractivity contribution >= 4 is 11.8 Å². The summed E-state index contributed by atoms with van der Waals surface area (Å²) in [6.07, 6.45) is 0. The highest BCUT2D eigenvalue weighted by Crippen LogP contribution is 2.27. The van der Waals surface area contributed by atoms with Crippen LogP contribution in [-0.2, 0) is 12.3 Å². The summed E-state index contributed by atoms with van der Waals surface area (Å²) in [5.74, 6) is 0.891. The molecule has 0 bridgehead atoms. The summed E-state index contributed by atoms with van der Waals surface area (Å²) < 4.78 is 0. The molecule has 2 aromatic rings. The standard InChI is InChI=1S/C17H18N2S/c1-13-4-3-5-15(8-13)12-20-17-7-6-14(11-19-2)9-16(17)10-18/h3-9,19H,11-12H2,1-2H3. The first kappa shape index (κ1) is 14.6. The van der Waals surface area contributed by atoms with Gasteiger partial charge >= 0.3 is 0 Å². The van der Waals surface area contributed by atoms with Gasteiger partial charge in [-0.15, -0.1) is 11.8 Å². The smallest absolute Gasteiger partial charge is 0.100 e. The lowest BCUT2D eigenvalue weighted by Crippen LogP contribution is -2.05. The lowest BCUT2D eigenvalue weighted by atomic mass is 10.1. The van der Waals surface area contributed by atoms with E-state index in [2.05, 4.69) is 48.6 Å². The predicted octanol–water partition coefficient (Wildman–Crippen LogP) is 3.88. The third-order valence-corrected chi connectivity index (χ3v) is 4.17. The summed E-state index contributed by atoms with van der Waals surface area (Å²) in [6, 6.07) is 16.9. The van der Waals surface area contributed by atoms with Crippen LogP contribution < -0.4 is 5.32 Å². The summed E-state index contributed by atoms with van der Waals surface area (Å²) in [6.45, 7) is 2.89. The number of thioether (sulfide) groups is 1. The van der Waals surface area contributed by atoms with E-state index in [-0.39, 0.29) is 0 Å². The SMILES string of the molecule is CNCc1ccc(SCc2cccc(C)c2)c(C#N)c1. The molecule has 0 fully saturated rings. The Morgan fingerprint density at radius 2 is 2.00 bits per heavy atom. The van der Waals surface area contributed by atoms with Gasteiger partial charge in [0.15, 0.2) is 0 Å². The summed E-state index contributed by atoms with van der Waals surface area (Å²) in [5, 5.41) is 12.4. The maximum Gasteiger partial charge on any atom is 0.100 e. The molecule has 0 saturated carbocycles. The van der Waals surface area contributed by atoms with Crippen molar-refractivity contribution < 1.29 is 0 Å². The average Bonchev–Trinajstić information content (AvgIpc) is 2.46. The topological polar surface area (TPSA) is 35.8 Å². The van der Waals surface area contributed by atoms with Gasteiger partial charge in [-0.2, -0.15) is 5.26 Å². The zero-order valence-electron chi connectivity index (χ0n) is 11.8. The van der Waals surface area contributed by atoms with Crippen molar-refractivity contribution in [3.8, 4) is 6.07 Å². The molecule has 1 N–H and O–H groups in total. The maximum absolute atomic E-state index is 9.27.